The lowest BCUT2D eigenvalue weighted by Crippen LogP contribution is -2.49. The van der Waals surface area contributed by atoms with Gasteiger partial charge in [-0.05, 0) is 58.3 Å². The van der Waals surface area contributed by atoms with Crippen LogP contribution in [0.3, 0.4) is 0 Å². The number of nitrogens with zero attached hydrogens (tertiary/aromatic N) is 1. The van der Waals surface area contributed by atoms with Crippen LogP contribution in [0.2, 0.25) is 0 Å². The second-order valence-corrected chi connectivity index (χ2v) is 12.6. The fraction of sp³-hybridized carbons (Fsp3) is 0.900. The molecule has 1 N–H and O–H groups in total. The molecule has 1 aliphatic heterocycles. The summed E-state index contributed by atoms with van der Waals surface area (Å²) in [5.41, 5.74) is -1.10. The Morgan fingerprint density at radius 2 is 1.63 bits per heavy atom. The highest BCUT2D eigenvalue weighted by Crippen LogP contribution is 2.38. The van der Waals surface area contributed by atoms with Gasteiger partial charge in [0.2, 0.25) is 21.8 Å². The van der Waals surface area contributed by atoms with Crippen LogP contribution in [-0.2, 0) is 19.6 Å². The monoisotopic (exact) mass is 402 g/mol. The lowest BCUT2D eigenvalue weighted by Gasteiger charge is -2.39. The van der Waals surface area contributed by atoms with Crippen molar-refractivity contribution in [1.82, 2.24) is 9.62 Å². The highest BCUT2D eigenvalue weighted by molar-refractivity contribution is 7.88. The Morgan fingerprint density at radius 1 is 1.11 bits per heavy atom. The van der Waals surface area contributed by atoms with Gasteiger partial charge in [0, 0.05) is 23.4 Å². The fourth-order valence-electron chi connectivity index (χ4n) is 4.88. The summed E-state index contributed by atoms with van der Waals surface area (Å²) >= 11 is 0. The highest BCUT2D eigenvalue weighted by atomic mass is 32.2. The van der Waals surface area contributed by atoms with Crippen LogP contribution < -0.4 is 4.72 Å². The molecule has 1 saturated heterocycles. The van der Waals surface area contributed by atoms with Crippen molar-refractivity contribution >= 4 is 21.8 Å². The predicted octanol–water partition coefficient (Wildman–Crippen LogP) is 3.32. The normalized spacial score (nSPS) is 21.1. The molecule has 1 rings (SSSR count). The minimum atomic E-state index is -3.30. The lowest BCUT2D eigenvalue weighted by atomic mass is 9.80. The van der Waals surface area contributed by atoms with Crippen LogP contribution in [0.25, 0.3) is 0 Å². The first-order valence-electron chi connectivity index (χ1n) is 9.69. The molecule has 0 aromatic carbocycles. The molecule has 0 spiro atoms. The smallest absolute Gasteiger partial charge is 0.233 e. The van der Waals surface area contributed by atoms with E-state index in [1.54, 1.807) is 0 Å². The first-order chi connectivity index (χ1) is 11.8. The van der Waals surface area contributed by atoms with Crippen molar-refractivity contribution < 1.29 is 18.0 Å². The van der Waals surface area contributed by atoms with E-state index in [0.717, 1.165) is 12.7 Å². The summed E-state index contributed by atoms with van der Waals surface area (Å²) in [7, 11) is -3.30. The van der Waals surface area contributed by atoms with Crippen LogP contribution in [-0.4, -0.2) is 42.5 Å². The molecule has 0 saturated carbocycles. The Kier molecular flexibility index (Phi) is 6.97. The zero-order valence-electron chi connectivity index (χ0n) is 18.5. The number of carbonyl (C=O) groups is 2. The average Bonchev–Trinajstić information content (AvgIpc) is 2.56. The molecule has 0 aliphatic carbocycles. The van der Waals surface area contributed by atoms with Crippen LogP contribution in [0, 0.1) is 17.3 Å². The number of amides is 2. The van der Waals surface area contributed by atoms with Crippen molar-refractivity contribution in [2.24, 2.45) is 17.3 Å². The summed E-state index contributed by atoms with van der Waals surface area (Å²) in [5, 5.41) is 0. The average molecular weight is 403 g/mol. The Morgan fingerprint density at radius 3 is 2.07 bits per heavy atom. The minimum Gasteiger partial charge on any atom is -0.277 e. The molecule has 2 atom stereocenters. The van der Waals surface area contributed by atoms with Crippen LogP contribution >= 0.6 is 0 Å². The molecule has 158 valence electrons. The van der Waals surface area contributed by atoms with Gasteiger partial charge in [-0.25, -0.2) is 13.1 Å². The van der Waals surface area contributed by atoms with Gasteiger partial charge < -0.3 is 0 Å². The number of likely N-dealkylation sites (tertiary alicyclic amines) is 1. The topological polar surface area (TPSA) is 83.6 Å². The quantitative estimate of drug-likeness (QED) is 0.631. The van der Waals surface area contributed by atoms with E-state index in [9.17, 15) is 18.0 Å². The third kappa shape index (κ3) is 7.53. The maximum Gasteiger partial charge on any atom is 0.233 e. The summed E-state index contributed by atoms with van der Waals surface area (Å²) in [4.78, 5) is 27.0. The van der Waals surface area contributed by atoms with E-state index >= 15 is 0 Å². The zero-order valence-corrected chi connectivity index (χ0v) is 19.3. The summed E-state index contributed by atoms with van der Waals surface area (Å²) < 4.78 is 25.7. The van der Waals surface area contributed by atoms with Gasteiger partial charge in [0.1, 0.15) is 0 Å². The summed E-state index contributed by atoms with van der Waals surface area (Å²) in [6, 6.07) is 0. The van der Waals surface area contributed by atoms with Gasteiger partial charge >= 0.3 is 0 Å². The van der Waals surface area contributed by atoms with Gasteiger partial charge in [-0.3, -0.25) is 14.5 Å². The molecule has 6 nitrogen and oxygen atoms in total. The largest absolute Gasteiger partial charge is 0.277 e. The van der Waals surface area contributed by atoms with Crippen molar-refractivity contribution in [2.75, 3.05) is 6.26 Å². The molecule has 0 aromatic heterocycles. The molecule has 1 aliphatic rings. The maximum atomic E-state index is 13.0. The number of rotatable bonds is 8. The van der Waals surface area contributed by atoms with Crippen molar-refractivity contribution in [1.29, 1.82) is 0 Å². The highest BCUT2D eigenvalue weighted by Gasteiger charge is 2.47. The molecule has 0 radical (unpaired) electrons. The Hall–Kier alpha value is -0.950. The standard InChI is InChI=1S/C20H38N2O4S/c1-14(12-19(5,6)21-27(9,25)26)10-15-11-16(23)22(17(15)24)20(7,8)13-18(2,3)4/h14-15,21H,10-13H2,1-9H3/t14-,15?/m0/s1. The van der Waals surface area contributed by atoms with Gasteiger partial charge in [0.25, 0.3) is 0 Å². The second-order valence-electron chi connectivity index (χ2n) is 10.8. The molecule has 1 fully saturated rings. The van der Waals surface area contributed by atoms with E-state index in [4.69, 9.17) is 0 Å². The molecule has 7 heteroatoms. The van der Waals surface area contributed by atoms with Crippen molar-refractivity contribution in [2.45, 2.75) is 92.2 Å². The van der Waals surface area contributed by atoms with Gasteiger partial charge in [-0.15, -0.1) is 0 Å². The molecule has 0 aromatic rings. The third-order valence-corrected chi connectivity index (χ3v) is 5.74. The summed E-state index contributed by atoms with van der Waals surface area (Å²) in [5.74, 6) is -0.391. The van der Waals surface area contributed by atoms with Crippen LogP contribution in [0.1, 0.15) is 81.1 Å². The van der Waals surface area contributed by atoms with E-state index < -0.39 is 21.1 Å². The van der Waals surface area contributed by atoms with Gasteiger partial charge in [0.05, 0.1) is 6.26 Å². The minimum absolute atomic E-state index is 0.0107. The van der Waals surface area contributed by atoms with Gasteiger partial charge in [-0.1, -0.05) is 27.7 Å². The van der Waals surface area contributed by atoms with E-state index in [1.807, 2.05) is 34.6 Å². The molecule has 1 heterocycles. The SMILES string of the molecule is C[C@@H](CC1CC(=O)N(C(C)(C)CC(C)(C)C)C1=O)CC(C)(C)NS(C)(=O)=O. The first-order valence-corrected chi connectivity index (χ1v) is 11.6. The Bertz CT molecular complexity index is 675. The van der Waals surface area contributed by atoms with Crippen molar-refractivity contribution in [3.05, 3.63) is 0 Å². The van der Waals surface area contributed by atoms with Gasteiger partial charge in [-0.2, -0.15) is 0 Å². The van der Waals surface area contributed by atoms with E-state index in [1.165, 1.54) is 4.90 Å². The number of carbonyl (C=O) groups excluding carboxylic acids is 2. The number of hydrogen-bond donors (Lipinski definition) is 1. The Labute approximate surface area is 165 Å². The molecule has 0 bridgehead atoms. The number of hydrogen-bond acceptors (Lipinski definition) is 4. The lowest BCUT2D eigenvalue weighted by molar-refractivity contribution is -0.146. The van der Waals surface area contributed by atoms with E-state index in [0.29, 0.717) is 12.8 Å². The predicted molar refractivity (Wildman–Crippen MR) is 109 cm³/mol. The molecule has 1 unspecified atom stereocenters. The number of imide groups is 1. The third-order valence-electron chi connectivity index (χ3n) is 4.82. The zero-order chi connectivity index (χ0) is 21.4. The molecule has 2 amide bonds. The second kappa shape index (κ2) is 7.82. The van der Waals surface area contributed by atoms with Crippen LogP contribution in [0.15, 0.2) is 0 Å². The number of nitrogens with one attached hydrogen (secondary N) is 1. The molecular weight excluding hydrogens is 364 g/mol. The summed E-state index contributed by atoms with van der Waals surface area (Å²) in [6.07, 6.45) is 3.32. The van der Waals surface area contributed by atoms with Gasteiger partial charge in [0.15, 0.2) is 0 Å². The van der Waals surface area contributed by atoms with E-state index in [2.05, 4.69) is 25.5 Å². The van der Waals surface area contributed by atoms with Crippen LogP contribution in [0.4, 0.5) is 0 Å². The first kappa shape index (κ1) is 24.1. The summed E-state index contributed by atoms with van der Waals surface area (Å²) in [6.45, 7) is 15.9. The van der Waals surface area contributed by atoms with Crippen LogP contribution in [0.5, 0.6) is 0 Å². The van der Waals surface area contributed by atoms with Crippen molar-refractivity contribution in [3.63, 3.8) is 0 Å². The molecular formula is C20H38N2O4S. The Balaban J connectivity index is 2.81. The van der Waals surface area contributed by atoms with Crippen molar-refractivity contribution in [3.8, 4) is 0 Å². The molecule has 27 heavy (non-hydrogen) atoms. The fourth-order valence-corrected chi connectivity index (χ4v) is 5.96. The maximum absolute atomic E-state index is 13.0. The van der Waals surface area contributed by atoms with E-state index in [-0.39, 0.29) is 35.5 Å². The number of sulfonamides is 1.